The second-order valence-electron chi connectivity index (χ2n) is 8.34. The van der Waals surface area contributed by atoms with Crippen molar-refractivity contribution in [1.82, 2.24) is 30.0 Å². The number of carbonyl (C=O) groups is 1. The SMILES string of the molecule is CC#CCn1c(C(=O)NCc2nc3ccccc3c3ncccc23)nnc1N1CCCC(N)C1. The van der Waals surface area contributed by atoms with Gasteiger partial charge in [0.25, 0.3) is 5.91 Å². The van der Waals surface area contributed by atoms with Crippen LogP contribution in [-0.2, 0) is 13.1 Å². The third kappa shape index (κ3) is 4.16. The Labute approximate surface area is 197 Å². The van der Waals surface area contributed by atoms with E-state index in [0.29, 0.717) is 19.0 Å². The standard InChI is InChI=1S/C25H26N8O/c1-2-3-14-33-23(30-31-25(33)32-13-7-8-17(26)16-32)24(34)28-15-21-19-10-6-12-27-22(19)18-9-4-5-11-20(18)29-21/h4-6,9-12,17H,7-8,13-16,26H2,1H3,(H,28,34). The van der Waals surface area contributed by atoms with E-state index in [-0.39, 0.29) is 24.3 Å². The van der Waals surface area contributed by atoms with Crippen LogP contribution in [0.15, 0.2) is 42.6 Å². The van der Waals surface area contributed by atoms with Crippen LogP contribution in [0.25, 0.3) is 21.8 Å². The topological polar surface area (TPSA) is 115 Å². The number of hydrogen-bond acceptors (Lipinski definition) is 7. The number of carbonyl (C=O) groups excluding carboxylic acids is 1. The van der Waals surface area contributed by atoms with Crippen LogP contribution in [0.1, 0.15) is 36.1 Å². The van der Waals surface area contributed by atoms with E-state index in [1.54, 1.807) is 17.7 Å². The van der Waals surface area contributed by atoms with Crippen molar-refractivity contribution in [3.05, 3.63) is 54.1 Å². The summed E-state index contributed by atoms with van der Waals surface area (Å²) >= 11 is 0. The zero-order chi connectivity index (χ0) is 23.5. The molecule has 9 nitrogen and oxygen atoms in total. The summed E-state index contributed by atoms with van der Waals surface area (Å²) in [5.74, 6) is 6.44. The summed E-state index contributed by atoms with van der Waals surface area (Å²) in [5, 5.41) is 13.4. The number of nitrogens with two attached hydrogens (primary N) is 1. The third-order valence-electron chi connectivity index (χ3n) is 6.04. The lowest BCUT2D eigenvalue weighted by molar-refractivity contribution is 0.0936. The number of fused-ring (bicyclic) bond motifs is 3. The number of anilines is 1. The number of benzene rings is 1. The highest BCUT2D eigenvalue weighted by Crippen LogP contribution is 2.24. The summed E-state index contributed by atoms with van der Waals surface area (Å²) in [7, 11) is 0. The van der Waals surface area contributed by atoms with Crippen molar-refractivity contribution in [3.8, 4) is 11.8 Å². The summed E-state index contributed by atoms with van der Waals surface area (Å²) < 4.78 is 1.76. The van der Waals surface area contributed by atoms with Crippen molar-refractivity contribution >= 4 is 33.7 Å². The second kappa shape index (κ2) is 9.45. The summed E-state index contributed by atoms with van der Waals surface area (Å²) in [5.41, 5.74) is 8.60. The highest BCUT2D eigenvalue weighted by Gasteiger charge is 2.25. The van der Waals surface area contributed by atoms with Crippen LogP contribution in [0.2, 0.25) is 0 Å². The smallest absolute Gasteiger partial charge is 0.289 e. The van der Waals surface area contributed by atoms with Gasteiger partial charge in [0.2, 0.25) is 11.8 Å². The van der Waals surface area contributed by atoms with Gasteiger partial charge in [0.1, 0.15) is 0 Å². The van der Waals surface area contributed by atoms with Gasteiger partial charge in [-0.25, -0.2) is 0 Å². The lowest BCUT2D eigenvalue weighted by Gasteiger charge is -2.31. The molecule has 1 atom stereocenters. The number of rotatable bonds is 5. The van der Waals surface area contributed by atoms with Gasteiger partial charge in [0.15, 0.2) is 0 Å². The van der Waals surface area contributed by atoms with Crippen LogP contribution in [0, 0.1) is 11.8 Å². The molecule has 1 unspecified atom stereocenters. The molecule has 172 valence electrons. The maximum absolute atomic E-state index is 13.2. The Kier molecular flexibility index (Phi) is 6.06. The van der Waals surface area contributed by atoms with Gasteiger partial charge >= 0.3 is 0 Å². The summed E-state index contributed by atoms with van der Waals surface area (Å²) in [6, 6.07) is 11.8. The molecule has 0 saturated carbocycles. The Bertz CT molecular complexity index is 1420. The molecular formula is C25H26N8O. The number of nitrogens with zero attached hydrogens (tertiary/aromatic N) is 6. The maximum atomic E-state index is 13.2. The van der Waals surface area contributed by atoms with Gasteiger partial charge in [-0.3, -0.25) is 19.3 Å². The van der Waals surface area contributed by atoms with Gasteiger partial charge in [0, 0.05) is 36.1 Å². The van der Waals surface area contributed by atoms with E-state index >= 15 is 0 Å². The first-order valence-corrected chi connectivity index (χ1v) is 11.4. The fraction of sp³-hybridized carbons (Fsp3) is 0.320. The maximum Gasteiger partial charge on any atom is 0.289 e. The van der Waals surface area contributed by atoms with Gasteiger partial charge in [-0.05, 0) is 38.0 Å². The Balaban J connectivity index is 1.43. The Morgan fingerprint density at radius 1 is 1.21 bits per heavy atom. The molecule has 4 aromatic rings. The first-order valence-electron chi connectivity index (χ1n) is 11.4. The molecule has 3 aromatic heterocycles. The van der Waals surface area contributed by atoms with Crippen LogP contribution >= 0.6 is 0 Å². The first kappa shape index (κ1) is 21.8. The average molecular weight is 455 g/mol. The van der Waals surface area contributed by atoms with Crippen LogP contribution in [-0.4, -0.2) is 49.8 Å². The molecule has 1 aliphatic heterocycles. The fourth-order valence-corrected chi connectivity index (χ4v) is 4.40. The fourth-order valence-electron chi connectivity index (χ4n) is 4.40. The van der Waals surface area contributed by atoms with Gasteiger partial charge in [-0.1, -0.05) is 24.1 Å². The summed E-state index contributed by atoms with van der Waals surface area (Å²) in [6.07, 6.45) is 3.72. The predicted molar refractivity (Wildman–Crippen MR) is 131 cm³/mol. The number of piperidine rings is 1. The molecule has 0 aliphatic carbocycles. The van der Waals surface area contributed by atoms with E-state index < -0.39 is 0 Å². The molecule has 5 rings (SSSR count). The van der Waals surface area contributed by atoms with Crippen molar-refractivity contribution in [2.45, 2.75) is 38.9 Å². The third-order valence-corrected chi connectivity index (χ3v) is 6.04. The normalized spacial score (nSPS) is 15.8. The van der Waals surface area contributed by atoms with E-state index in [0.717, 1.165) is 46.9 Å². The monoisotopic (exact) mass is 454 g/mol. The van der Waals surface area contributed by atoms with Gasteiger partial charge in [-0.2, -0.15) is 0 Å². The molecule has 1 fully saturated rings. The summed E-state index contributed by atoms with van der Waals surface area (Å²) in [4.78, 5) is 24.6. The molecule has 1 aromatic carbocycles. The number of pyridine rings is 2. The number of aromatic nitrogens is 5. The van der Waals surface area contributed by atoms with Gasteiger partial charge in [-0.15, -0.1) is 16.1 Å². The molecule has 1 saturated heterocycles. The molecule has 4 heterocycles. The van der Waals surface area contributed by atoms with Crippen LogP contribution < -0.4 is 16.0 Å². The molecule has 0 radical (unpaired) electrons. The summed E-state index contributed by atoms with van der Waals surface area (Å²) in [6.45, 7) is 3.84. The minimum atomic E-state index is -0.329. The van der Waals surface area contributed by atoms with E-state index in [4.69, 9.17) is 10.7 Å². The number of amides is 1. The van der Waals surface area contributed by atoms with Gasteiger partial charge in [0.05, 0.1) is 29.8 Å². The van der Waals surface area contributed by atoms with Crippen molar-refractivity contribution in [2.75, 3.05) is 18.0 Å². The molecule has 1 aliphatic rings. The molecule has 9 heteroatoms. The zero-order valence-electron chi connectivity index (χ0n) is 19.0. The van der Waals surface area contributed by atoms with Crippen molar-refractivity contribution in [2.24, 2.45) is 5.73 Å². The highest BCUT2D eigenvalue weighted by atomic mass is 16.2. The van der Waals surface area contributed by atoms with Crippen LogP contribution in [0.4, 0.5) is 5.95 Å². The average Bonchev–Trinajstić information content (AvgIpc) is 3.30. The molecular weight excluding hydrogens is 428 g/mol. The number of nitrogens with one attached hydrogen (secondary N) is 1. The van der Waals surface area contributed by atoms with Crippen molar-refractivity contribution < 1.29 is 4.79 Å². The molecule has 0 spiro atoms. The predicted octanol–water partition coefficient (Wildman–Crippen LogP) is 2.26. The van der Waals surface area contributed by atoms with Crippen molar-refractivity contribution in [1.29, 1.82) is 0 Å². The lowest BCUT2D eigenvalue weighted by atomic mass is 10.1. The van der Waals surface area contributed by atoms with E-state index in [9.17, 15) is 4.79 Å². The molecule has 1 amide bonds. The van der Waals surface area contributed by atoms with Crippen LogP contribution in [0.5, 0.6) is 0 Å². The Morgan fingerprint density at radius 3 is 2.91 bits per heavy atom. The lowest BCUT2D eigenvalue weighted by Crippen LogP contribution is -2.44. The largest absolute Gasteiger partial charge is 0.344 e. The first-order chi connectivity index (χ1) is 16.7. The second-order valence-corrected chi connectivity index (χ2v) is 8.34. The highest BCUT2D eigenvalue weighted by molar-refractivity contribution is 6.04. The molecule has 3 N–H and O–H groups in total. The van der Waals surface area contributed by atoms with Crippen molar-refractivity contribution in [3.63, 3.8) is 0 Å². The number of para-hydroxylation sites is 1. The Hall–Kier alpha value is -4.03. The molecule has 0 bridgehead atoms. The van der Waals surface area contributed by atoms with E-state index in [1.165, 1.54) is 0 Å². The van der Waals surface area contributed by atoms with Gasteiger partial charge < -0.3 is 16.0 Å². The van der Waals surface area contributed by atoms with E-state index in [1.807, 2.05) is 36.4 Å². The zero-order valence-corrected chi connectivity index (χ0v) is 19.0. The number of hydrogen-bond donors (Lipinski definition) is 2. The van der Waals surface area contributed by atoms with Crippen LogP contribution in [0.3, 0.4) is 0 Å². The Morgan fingerprint density at radius 2 is 2.06 bits per heavy atom. The quantitative estimate of drug-likeness (QED) is 0.351. The minimum absolute atomic E-state index is 0.0781. The van der Waals surface area contributed by atoms with E-state index in [2.05, 4.69) is 37.2 Å². The minimum Gasteiger partial charge on any atom is -0.344 e. The molecule has 34 heavy (non-hydrogen) atoms.